The molecule has 4 heteroatoms. The Labute approximate surface area is 102 Å². The van der Waals surface area contributed by atoms with E-state index in [1.165, 1.54) is 0 Å². The van der Waals surface area contributed by atoms with Gasteiger partial charge in [0.15, 0.2) is 0 Å². The Morgan fingerprint density at radius 3 is 2.53 bits per heavy atom. The van der Waals surface area contributed by atoms with Gasteiger partial charge in [-0.25, -0.2) is 4.79 Å². The van der Waals surface area contributed by atoms with Crippen LogP contribution in [-0.4, -0.2) is 23.8 Å². The first-order valence-electron chi connectivity index (χ1n) is 5.71. The maximum Gasteiger partial charge on any atom is 0.407 e. The molecule has 0 aliphatic carbocycles. The minimum Gasteiger partial charge on any atom is -0.445 e. The highest BCUT2D eigenvalue weighted by Gasteiger charge is 2.15. The number of aliphatic hydroxyl groups excluding tert-OH is 1. The number of ether oxygens (including phenoxy) is 1. The van der Waals surface area contributed by atoms with Crippen LogP contribution in [0.15, 0.2) is 30.3 Å². The molecule has 94 valence electrons. The van der Waals surface area contributed by atoms with Gasteiger partial charge in [0.2, 0.25) is 0 Å². The lowest BCUT2D eigenvalue weighted by Crippen LogP contribution is -2.41. The number of hydrogen-bond donors (Lipinski definition) is 2. The van der Waals surface area contributed by atoms with Crippen molar-refractivity contribution in [3.63, 3.8) is 0 Å². The average molecular weight is 237 g/mol. The predicted octanol–water partition coefficient (Wildman–Crippen LogP) is 1.93. The molecule has 0 bridgehead atoms. The summed E-state index contributed by atoms with van der Waals surface area (Å²) >= 11 is 0. The summed E-state index contributed by atoms with van der Waals surface area (Å²) in [5, 5.41) is 11.7. The third-order valence-electron chi connectivity index (χ3n) is 2.52. The SMILES string of the molecule is CC(C)[C@H](CO)NC(=O)OCc1ccccc1. The maximum atomic E-state index is 11.4. The van der Waals surface area contributed by atoms with Crippen LogP contribution in [0.25, 0.3) is 0 Å². The molecular weight excluding hydrogens is 218 g/mol. The Hall–Kier alpha value is -1.55. The van der Waals surface area contributed by atoms with Crippen LogP contribution < -0.4 is 5.32 Å². The molecule has 1 rings (SSSR count). The van der Waals surface area contributed by atoms with Gasteiger partial charge in [-0.05, 0) is 11.5 Å². The summed E-state index contributed by atoms with van der Waals surface area (Å²) in [6.45, 7) is 4.01. The van der Waals surface area contributed by atoms with E-state index in [0.717, 1.165) is 5.56 Å². The van der Waals surface area contributed by atoms with Crippen molar-refractivity contribution in [2.24, 2.45) is 5.92 Å². The Morgan fingerprint density at radius 2 is 2.00 bits per heavy atom. The molecule has 1 aromatic rings. The second kappa shape index (κ2) is 6.91. The van der Waals surface area contributed by atoms with E-state index in [1.54, 1.807) is 0 Å². The summed E-state index contributed by atoms with van der Waals surface area (Å²) in [6.07, 6.45) is -0.499. The average Bonchev–Trinajstić information content (AvgIpc) is 2.34. The number of aliphatic hydroxyl groups is 1. The van der Waals surface area contributed by atoms with Crippen molar-refractivity contribution in [3.8, 4) is 0 Å². The van der Waals surface area contributed by atoms with Crippen LogP contribution in [-0.2, 0) is 11.3 Å². The van der Waals surface area contributed by atoms with E-state index in [0.29, 0.717) is 0 Å². The summed E-state index contributed by atoms with van der Waals surface area (Å²) in [5.74, 6) is 0.171. The molecule has 0 radical (unpaired) electrons. The van der Waals surface area contributed by atoms with E-state index in [4.69, 9.17) is 9.84 Å². The molecule has 2 N–H and O–H groups in total. The maximum absolute atomic E-state index is 11.4. The number of carbonyl (C=O) groups excluding carboxylic acids is 1. The second-order valence-electron chi connectivity index (χ2n) is 4.24. The summed E-state index contributed by atoms with van der Waals surface area (Å²) in [6, 6.07) is 9.20. The quantitative estimate of drug-likeness (QED) is 0.822. The van der Waals surface area contributed by atoms with Crippen molar-refractivity contribution in [2.75, 3.05) is 6.61 Å². The molecule has 1 amide bonds. The van der Waals surface area contributed by atoms with Crippen LogP contribution in [0, 0.1) is 5.92 Å². The minimum atomic E-state index is -0.499. The molecular formula is C13H19NO3. The number of amides is 1. The molecule has 0 spiro atoms. The molecule has 0 heterocycles. The standard InChI is InChI=1S/C13H19NO3/c1-10(2)12(8-15)14-13(16)17-9-11-6-4-3-5-7-11/h3-7,10,12,15H,8-9H2,1-2H3,(H,14,16)/t12-/m0/s1. The van der Waals surface area contributed by atoms with Gasteiger partial charge in [0.05, 0.1) is 12.6 Å². The van der Waals surface area contributed by atoms with Crippen LogP contribution in [0.5, 0.6) is 0 Å². The molecule has 0 aromatic heterocycles. The highest BCUT2D eigenvalue weighted by molar-refractivity contribution is 5.67. The van der Waals surface area contributed by atoms with Crippen molar-refractivity contribution in [3.05, 3.63) is 35.9 Å². The molecule has 17 heavy (non-hydrogen) atoms. The number of rotatable bonds is 5. The number of benzene rings is 1. The molecule has 0 saturated carbocycles. The van der Waals surface area contributed by atoms with Gasteiger partial charge in [-0.2, -0.15) is 0 Å². The Kier molecular flexibility index (Phi) is 5.49. The predicted molar refractivity (Wildman–Crippen MR) is 65.5 cm³/mol. The molecule has 0 saturated heterocycles. The molecule has 0 aliphatic heterocycles. The fraction of sp³-hybridized carbons (Fsp3) is 0.462. The number of alkyl carbamates (subject to hydrolysis) is 1. The second-order valence-corrected chi connectivity index (χ2v) is 4.24. The Bertz CT molecular complexity index is 338. The van der Waals surface area contributed by atoms with Crippen LogP contribution in [0.1, 0.15) is 19.4 Å². The lowest BCUT2D eigenvalue weighted by molar-refractivity contribution is 0.123. The summed E-state index contributed by atoms with van der Waals surface area (Å²) in [5.41, 5.74) is 0.938. The van der Waals surface area contributed by atoms with E-state index in [9.17, 15) is 4.79 Å². The van der Waals surface area contributed by atoms with Crippen molar-refractivity contribution >= 4 is 6.09 Å². The summed E-state index contributed by atoms with van der Waals surface area (Å²) < 4.78 is 5.05. The zero-order valence-corrected chi connectivity index (χ0v) is 10.2. The summed E-state index contributed by atoms with van der Waals surface area (Å²) in [4.78, 5) is 11.4. The fourth-order valence-corrected chi connectivity index (χ4v) is 1.34. The molecule has 0 aliphatic rings. The molecule has 0 unspecified atom stereocenters. The first-order valence-corrected chi connectivity index (χ1v) is 5.71. The van der Waals surface area contributed by atoms with Crippen molar-refractivity contribution < 1.29 is 14.6 Å². The largest absolute Gasteiger partial charge is 0.445 e. The van der Waals surface area contributed by atoms with Gasteiger partial charge in [-0.15, -0.1) is 0 Å². The van der Waals surface area contributed by atoms with Gasteiger partial charge < -0.3 is 15.2 Å². The monoisotopic (exact) mass is 237 g/mol. The van der Waals surface area contributed by atoms with Gasteiger partial charge in [-0.1, -0.05) is 44.2 Å². The zero-order valence-electron chi connectivity index (χ0n) is 10.2. The Balaban J connectivity index is 2.35. The van der Waals surface area contributed by atoms with Crippen molar-refractivity contribution in [2.45, 2.75) is 26.5 Å². The van der Waals surface area contributed by atoms with Gasteiger partial charge in [0.25, 0.3) is 0 Å². The van der Waals surface area contributed by atoms with E-state index in [2.05, 4.69) is 5.32 Å². The van der Waals surface area contributed by atoms with E-state index >= 15 is 0 Å². The van der Waals surface area contributed by atoms with Crippen LogP contribution in [0.2, 0.25) is 0 Å². The highest BCUT2D eigenvalue weighted by atomic mass is 16.5. The molecule has 0 fully saturated rings. The highest BCUT2D eigenvalue weighted by Crippen LogP contribution is 2.03. The first-order chi connectivity index (χ1) is 8.13. The van der Waals surface area contributed by atoms with E-state index in [1.807, 2.05) is 44.2 Å². The van der Waals surface area contributed by atoms with Gasteiger partial charge in [-0.3, -0.25) is 0 Å². The third-order valence-corrected chi connectivity index (χ3v) is 2.52. The van der Waals surface area contributed by atoms with Crippen molar-refractivity contribution in [1.82, 2.24) is 5.32 Å². The number of hydrogen-bond acceptors (Lipinski definition) is 3. The van der Waals surface area contributed by atoms with Crippen molar-refractivity contribution in [1.29, 1.82) is 0 Å². The zero-order chi connectivity index (χ0) is 12.7. The first kappa shape index (κ1) is 13.5. The van der Waals surface area contributed by atoms with Gasteiger partial charge in [0.1, 0.15) is 6.61 Å². The van der Waals surface area contributed by atoms with E-state index in [-0.39, 0.29) is 25.2 Å². The summed E-state index contributed by atoms with van der Waals surface area (Å²) in [7, 11) is 0. The van der Waals surface area contributed by atoms with Crippen LogP contribution in [0.3, 0.4) is 0 Å². The number of carbonyl (C=O) groups is 1. The number of nitrogens with one attached hydrogen (secondary N) is 1. The normalized spacial score (nSPS) is 12.2. The molecule has 4 nitrogen and oxygen atoms in total. The molecule has 1 aromatic carbocycles. The third kappa shape index (κ3) is 4.87. The smallest absolute Gasteiger partial charge is 0.407 e. The van der Waals surface area contributed by atoms with Crippen LogP contribution >= 0.6 is 0 Å². The fourth-order valence-electron chi connectivity index (χ4n) is 1.34. The van der Waals surface area contributed by atoms with Gasteiger partial charge in [0, 0.05) is 0 Å². The lowest BCUT2D eigenvalue weighted by atomic mass is 10.1. The lowest BCUT2D eigenvalue weighted by Gasteiger charge is -2.19. The molecule has 1 atom stereocenters. The topological polar surface area (TPSA) is 58.6 Å². The minimum absolute atomic E-state index is 0.0852. The Morgan fingerprint density at radius 1 is 1.35 bits per heavy atom. The van der Waals surface area contributed by atoms with Crippen LogP contribution in [0.4, 0.5) is 4.79 Å². The van der Waals surface area contributed by atoms with E-state index < -0.39 is 6.09 Å². The van der Waals surface area contributed by atoms with Gasteiger partial charge >= 0.3 is 6.09 Å².